The molecule has 3 heterocycles. The molecular weight excluding hydrogens is 240 g/mol. The van der Waals surface area contributed by atoms with E-state index in [1.165, 1.54) is 0 Å². The lowest BCUT2D eigenvalue weighted by Crippen LogP contribution is -2.04. The van der Waals surface area contributed by atoms with Gasteiger partial charge in [0.05, 0.1) is 24.5 Å². The summed E-state index contributed by atoms with van der Waals surface area (Å²) >= 11 is 0. The Morgan fingerprint density at radius 2 is 2.21 bits per heavy atom. The summed E-state index contributed by atoms with van der Waals surface area (Å²) in [5.74, 6) is 0.519. The van der Waals surface area contributed by atoms with Crippen molar-refractivity contribution in [1.82, 2.24) is 24.5 Å². The number of anilines is 1. The van der Waals surface area contributed by atoms with Crippen LogP contribution in [-0.2, 0) is 13.0 Å². The standard InChI is InChI=1S/C13H14N6/c14-13-11(2-1-4-17-13)12-7-16-9-19(12)5-3-10-6-15-8-18-10/h1-2,4,6-9H,3,5H2,(H2,14,17)(H,15,18). The first-order chi connectivity index (χ1) is 9.34. The number of aromatic amines is 1. The zero-order valence-electron chi connectivity index (χ0n) is 10.3. The van der Waals surface area contributed by atoms with Gasteiger partial charge >= 0.3 is 0 Å². The lowest BCUT2D eigenvalue weighted by molar-refractivity contribution is 0.693. The Balaban J connectivity index is 1.84. The van der Waals surface area contributed by atoms with E-state index in [2.05, 4.69) is 24.5 Å². The van der Waals surface area contributed by atoms with Crippen LogP contribution in [0.5, 0.6) is 0 Å². The predicted octanol–water partition coefficient (Wildman–Crippen LogP) is 1.49. The molecule has 0 saturated heterocycles. The number of pyridine rings is 1. The van der Waals surface area contributed by atoms with Crippen molar-refractivity contribution in [2.75, 3.05) is 5.73 Å². The van der Waals surface area contributed by atoms with Crippen LogP contribution in [-0.4, -0.2) is 24.5 Å². The minimum Gasteiger partial charge on any atom is -0.383 e. The fraction of sp³-hybridized carbons (Fsp3) is 0.154. The first-order valence-electron chi connectivity index (χ1n) is 6.03. The molecule has 0 atom stereocenters. The van der Waals surface area contributed by atoms with Gasteiger partial charge in [0.15, 0.2) is 0 Å². The van der Waals surface area contributed by atoms with Crippen LogP contribution in [0.1, 0.15) is 5.69 Å². The number of aryl methyl sites for hydroxylation is 2. The molecule has 0 aliphatic carbocycles. The molecule has 0 bridgehead atoms. The van der Waals surface area contributed by atoms with Gasteiger partial charge in [0.25, 0.3) is 0 Å². The van der Waals surface area contributed by atoms with Crippen molar-refractivity contribution in [3.8, 4) is 11.3 Å². The maximum Gasteiger partial charge on any atom is 0.132 e. The van der Waals surface area contributed by atoms with E-state index in [1.54, 1.807) is 25.0 Å². The molecule has 0 unspecified atom stereocenters. The minimum absolute atomic E-state index is 0.519. The molecule has 0 saturated carbocycles. The number of rotatable bonds is 4. The monoisotopic (exact) mass is 254 g/mol. The summed E-state index contributed by atoms with van der Waals surface area (Å²) in [7, 11) is 0. The molecule has 0 radical (unpaired) electrons. The second-order valence-electron chi connectivity index (χ2n) is 4.24. The van der Waals surface area contributed by atoms with Crippen LogP contribution in [0.4, 0.5) is 5.82 Å². The third-order valence-electron chi connectivity index (χ3n) is 3.00. The second kappa shape index (κ2) is 4.93. The lowest BCUT2D eigenvalue weighted by Gasteiger charge is -2.08. The van der Waals surface area contributed by atoms with Crippen molar-refractivity contribution in [2.45, 2.75) is 13.0 Å². The van der Waals surface area contributed by atoms with Crippen molar-refractivity contribution in [1.29, 1.82) is 0 Å². The van der Waals surface area contributed by atoms with Crippen LogP contribution in [0.25, 0.3) is 11.3 Å². The van der Waals surface area contributed by atoms with E-state index in [1.807, 2.05) is 18.3 Å². The SMILES string of the molecule is Nc1ncccc1-c1cncn1CCc1cnc[nH]1. The molecule has 96 valence electrons. The van der Waals surface area contributed by atoms with Gasteiger partial charge in [-0.1, -0.05) is 0 Å². The van der Waals surface area contributed by atoms with Gasteiger partial charge in [0.1, 0.15) is 5.82 Å². The first-order valence-corrected chi connectivity index (χ1v) is 6.03. The van der Waals surface area contributed by atoms with E-state index in [-0.39, 0.29) is 0 Å². The number of hydrogen-bond donors (Lipinski definition) is 2. The third kappa shape index (κ3) is 2.33. The van der Waals surface area contributed by atoms with Gasteiger partial charge in [-0.15, -0.1) is 0 Å². The summed E-state index contributed by atoms with van der Waals surface area (Å²) in [6.45, 7) is 0.811. The van der Waals surface area contributed by atoms with Crippen LogP contribution < -0.4 is 5.73 Å². The summed E-state index contributed by atoms with van der Waals surface area (Å²) in [5, 5.41) is 0. The Morgan fingerprint density at radius 3 is 3.00 bits per heavy atom. The van der Waals surface area contributed by atoms with Crippen molar-refractivity contribution in [3.63, 3.8) is 0 Å². The Hall–Kier alpha value is -2.63. The van der Waals surface area contributed by atoms with E-state index < -0.39 is 0 Å². The molecule has 3 aromatic heterocycles. The summed E-state index contributed by atoms with van der Waals surface area (Å²) in [5.41, 5.74) is 8.88. The molecule has 0 aliphatic heterocycles. The zero-order chi connectivity index (χ0) is 13.1. The Kier molecular flexibility index (Phi) is 2.97. The van der Waals surface area contributed by atoms with E-state index in [0.29, 0.717) is 5.82 Å². The van der Waals surface area contributed by atoms with Crippen LogP contribution in [0.2, 0.25) is 0 Å². The van der Waals surface area contributed by atoms with Gasteiger partial charge in [-0.05, 0) is 12.1 Å². The first kappa shape index (κ1) is 11.5. The number of nitrogens with two attached hydrogens (primary N) is 1. The fourth-order valence-corrected chi connectivity index (χ4v) is 2.02. The fourth-order valence-electron chi connectivity index (χ4n) is 2.02. The van der Waals surface area contributed by atoms with Crippen molar-refractivity contribution < 1.29 is 0 Å². The average molecular weight is 254 g/mol. The zero-order valence-corrected chi connectivity index (χ0v) is 10.3. The normalized spacial score (nSPS) is 10.7. The van der Waals surface area contributed by atoms with Crippen LogP contribution >= 0.6 is 0 Å². The molecule has 19 heavy (non-hydrogen) atoms. The summed E-state index contributed by atoms with van der Waals surface area (Å²) in [6, 6.07) is 3.82. The summed E-state index contributed by atoms with van der Waals surface area (Å²) in [4.78, 5) is 15.4. The number of hydrogen-bond acceptors (Lipinski definition) is 4. The van der Waals surface area contributed by atoms with Crippen molar-refractivity contribution in [2.24, 2.45) is 0 Å². The quantitative estimate of drug-likeness (QED) is 0.738. The van der Waals surface area contributed by atoms with Gasteiger partial charge in [-0.2, -0.15) is 0 Å². The molecule has 0 spiro atoms. The molecule has 0 aliphatic rings. The number of nitrogens with zero attached hydrogens (tertiary/aromatic N) is 4. The van der Waals surface area contributed by atoms with Crippen LogP contribution in [0, 0.1) is 0 Å². The smallest absolute Gasteiger partial charge is 0.132 e. The molecule has 0 aromatic carbocycles. The van der Waals surface area contributed by atoms with Crippen molar-refractivity contribution in [3.05, 3.63) is 49.1 Å². The maximum atomic E-state index is 5.90. The maximum absolute atomic E-state index is 5.90. The molecule has 6 heteroatoms. The highest BCUT2D eigenvalue weighted by Crippen LogP contribution is 2.23. The summed E-state index contributed by atoms with van der Waals surface area (Å²) < 4.78 is 2.06. The van der Waals surface area contributed by atoms with Gasteiger partial charge in [-0.25, -0.2) is 15.0 Å². The molecular formula is C13H14N6. The number of nitrogen functional groups attached to an aromatic ring is 1. The molecule has 3 rings (SSSR count). The van der Waals surface area contributed by atoms with E-state index in [4.69, 9.17) is 5.73 Å². The highest BCUT2D eigenvalue weighted by atomic mass is 15.0. The molecule has 0 amide bonds. The third-order valence-corrected chi connectivity index (χ3v) is 3.00. The molecule has 0 fully saturated rings. The second-order valence-corrected chi connectivity index (χ2v) is 4.24. The number of aromatic nitrogens is 5. The van der Waals surface area contributed by atoms with Gasteiger partial charge in [-0.3, -0.25) is 0 Å². The average Bonchev–Trinajstić information content (AvgIpc) is 3.08. The Bertz CT molecular complexity index is 655. The van der Waals surface area contributed by atoms with Gasteiger partial charge in [0, 0.05) is 36.6 Å². The Labute approximate surface area is 110 Å². The molecule has 3 N–H and O–H groups in total. The number of imidazole rings is 2. The largest absolute Gasteiger partial charge is 0.383 e. The van der Waals surface area contributed by atoms with E-state index in [9.17, 15) is 0 Å². The van der Waals surface area contributed by atoms with E-state index >= 15 is 0 Å². The van der Waals surface area contributed by atoms with Gasteiger partial charge in [0.2, 0.25) is 0 Å². The van der Waals surface area contributed by atoms with Crippen LogP contribution in [0.15, 0.2) is 43.4 Å². The lowest BCUT2D eigenvalue weighted by atomic mass is 10.2. The highest BCUT2D eigenvalue weighted by molar-refractivity contribution is 5.70. The molecule has 3 aromatic rings. The summed E-state index contributed by atoms with van der Waals surface area (Å²) in [6.07, 6.45) is 9.67. The molecule has 6 nitrogen and oxygen atoms in total. The number of H-pyrrole nitrogens is 1. The minimum atomic E-state index is 0.519. The Morgan fingerprint density at radius 1 is 1.26 bits per heavy atom. The van der Waals surface area contributed by atoms with E-state index in [0.717, 1.165) is 29.9 Å². The van der Waals surface area contributed by atoms with Crippen LogP contribution in [0.3, 0.4) is 0 Å². The predicted molar refractivity (Wildman–Crippen MR) is 72.2 cm³/mol. The topological polar surface area (TPSA) is 85.4 Å². The van der Waals surface area contributed by atoms with Crippen molar-refractivity contribution >= 4 is 5.82 Å². The van der Waals surface area contributed by atoms with Gasteiger partial charge < -0.3 is 15.3 Å². The number of nitrogens with one attached hydrogen (secondary N) is 1. The highest BCUT2D eigenvalue weighted by Gasteiger charge is 2.08.